The summed E-state index contributed by atoms with van der Waals surface area (Å²) in [5.41, 5.74) is 1.37. The topological polar surface area (TPSA) is 111 Å². The summed E-state index contributed by atoms with van der Waals surface area (Å²) in [5, 5.41) is 19.7. The van der Waals surface area contributed by atoms with Crippen LogP contribution in [0.15, 0.2) is 42.5 Å². The Hall–Kier alpha value is -2.87. The van der Waals surface area contributed by atoms with Crippen molar-refractivity contribution >= 4 is 27.3 Å². The average Bonchev–Trinajstić information content (AvgIpc) is 3.09. The Bertz CT molecular complexity index is 1190. The first-order valence-corrected chi connectivity index (χ1v) is 13.8. The molecular formula is C27H37N3O4S. The van der Waals surface area contributed by atoms with Gasteiger partial charge in [-0.2, -0.15) is 0 Å². The van der Waals surface area contributed by atoms with Crippen molar-refractivity contribution in [2.24, 2.45) is 5.92 Å². The molecule has 1 aliphatic heterocycles. The van der Waals surface area contributed by atoms with Gasteiger partial charge in [0.1, 0.15) is 11.6 Å². The molecule has 3 rings (SSSR count). The van der Waals surface area contributed by atoms with Crippen LogP contribution in [0.3, 0.4) is 0 Å². The molecule has 0 radical (unpaired) electrons. The predicted molar refractivity (Wildman–Crippen MR) is 141 cm³/mol. The number of aromatic hydroxyl groups is 1. The SMILES string of the molecule is CCCC1CN(CC(=O)c2cc(NS(=O)(=O)CC)c(O)c(C(C)(C)C)c2)C(=N)C1c1ccccc1. The van der Waals surface area contributed by atoms with Crippen LogP contribution >= 0.6 is 0 Å². The molecule has 190 valence electrons. The van der Waals surface area contributed by atoms with Gasteiger partial charge >= 0.3 is 0 Å². The first-order valence-electron chi connectivity index (χ1n) is 12.2. The second-order valence-corrected chi connectivity index (χ2v) is 12.3. The maximum absolute atomic E-state index is 13.4. The molecule has 35 heavy (non-hydrogen) atoms. The van der Waals surface area contributed by atoms with E-state index in [9.17, 15) is 18.3 Å². The van der Waals surface area contributed by atoms with Crippen molar-refractivity contribution in [3.8, 4) is 5.75 Å². The molecule has 8 heteroatoms. The van der Waals surface area contributed by atoms with E-state index in [1.165, 1.54) is 13.0 Å². The van der Waals surface area contributed by atoms with Crippen LogP contribution in [0.25, 0.3) is 0 Å². The fourth-order valence-corrected chi connectivity index (χ4v) is 5.36. The maximum Gasteiger partial charge on any atom is 0.232 e. The highest BCUT2D eigenvalue weighted by Gasteiger charge is 2.38. The van der Waals surface area contributed by atoms with Gasteiger partial charge in [0.05, 0.1) is 18.0 Å². The van der Waals surface area contributed by atoms with Gasteiger partial charge in [-0.05, 0) is 42.4 Å². The standard InChI is InChI=1S/C27H37N3O4S/c1-6-11-19-16-30(26(28)24(19)18-12-9-8-10-13-18)17-23(31)20-14-21(27(3,4)5)25(32)22(15-20)29-35(33,34)7-2/h8-10,12-15,19,24,28-29,32H,6-7,11,16-17H2,1-5H3. The van der Waals surface area contributed by atoms with Crippen molar-refractivity contribution in [2.75, 3.05) is 23.6 Å². The number of ketones is 1. The number of phenols is 1. The number of rotatable bonds is 9. The Labute approximate surface area is 209 Å². The molecule has 2 aromatic rings. The molecular weight excluding hydrogens is 462 g/mol. The Morgan fingerprint density at radius 1 is 1.17 bits per heavy atom. The van der Waals surface area contributed by atoms with Crippen LogP contribution in [0.5, 0.6) is 5.75 Å². The van der Waals surface area contributed by atoms with Crippen LogP contribution in [-0.4, -0.2) is 48.9 Å². The number of nitrogens with one attached hydrogen (secondary N) is 2. The van der Waals surface area contributed by atoms with Gasteiger partial charge < -0.3 is 10.0 Å². The lowest BCUT2D eigenvalue weighted by molar-refractivity contribution is 0.0963. The lowest BCUT2D eigenvalue weighted by Gasteiger charge is -2.24. The van der Waals surface area contributed by atoms with E-state index in [4.69, 9.17) is 5.41 Å². The summed E-state index contributed by atoms with van der Waals surface area (Å²) < 4.78 is 26.8. The fourth-order valence-electron chi connectivity index (χ4n) is 4.72. The van der Waals surface area contributed by atoms with Gasteiger partial charge in [-0.15, -0.1) is 0 Å². The average molecular weight is 500 g/mol. The number of Topliss-reactive ketones (excluding diaryl/α,β-unsaturated/α-hetero) is 1. The smallest absolute Gasteiger partial charge is 0.232 e. The van der Waals surface area contributed by atoms with Crippen molar-refractivity contribution in [1.29, 1.82) is 5.41 Å². The van der Waals surface area contributed by atoms with Crippen molar-refractivity contribution in [3.05, 3.63) is 59.2 Å². The number of amidine groups is 1. The monoisotopic (exact) mass is 499 g/mol. The van der Waals surface area contributed by atoms with E-state index in [-0.39, 0.29) is 41.4 Å². The van der Waals surface area contributed by atoms with E-state index >= 15 is 0 Å². The highest BCUT2D eigenvalue weighted by molar-refractivity contribution is 7.92. The van der Waals surface area contributed by atoms with Crippen LogP contribution in [0.1, 0.15) is 74.9 Å². The van der Waals surface area contributed by atoms with Gasteiger partial charge in [0.25, 0.3) is 0 Å². The largest absolute Gasteiger partial charge is 0.505 e. The summed E-state index contributed by atoms with van der Waals surface area (Å²) in [5.74, 6) is 0.0820. The molecule has 0 spiro atoms. The summed E-state index contributed by atoms with van der Waals surface area (Å²) in [6, 6.07) is 13.0. The van der Waals surface area contributed by atoms with Crippen molar-refractivity contribution < 1.29 is 18.3 Å². The minimum atomic E-state index is -3.65. The molecule has 1 aliphatic rings. The van der Waals surface area contributed by atoms with Crippen LogP contribution < -0.4 is 4.72 Å². The van der Waals surface area contributed by atoms with Crippen LogP contribution in [0, 0.1) is 11.3 Å². The molecule has 3 N–H and O–H groups in total. The van der Waals surface area contributed by atoms with Gasteiger partial charge in [0.15, 0.2) is 5.78 Å². The summed E-state index contributed by atoms with van der Waals surface area (Å²) in [6.45, 7) is 9.96. The summed E-state index contributed by atoms with van der Waals surface area (Å²) in [7, 11) is -3.65. The summed E-state index contributed by atoms with van der Waals surface area (Å²) >= 11 is 0. The predicted octanol–water partition coefficient (Wildman–Crippen LogP) is 5.13. The third kappa shape index (κ3) is 6.04. The number of carbonyl (C=O) groups excluding carboxylic acids is 1. The molecule has 0 aliphatic carbocycles. The van der Waals surface area contributed by atoms with Crippen LogP contribution in [0.2, 0.25) is 0 Å². The Balaban J connectivity index is 1.93. The lowest BCUT2D eigenvalue weighted by Crippen LogP contribution is -2.32. The van der Waals surface area contributed by atoms with E-state index in [1.54, 1.807) is 6.07 Å². The first-order chi connectivity index (χ1) is 16.4. The molecule has 0 aromatic heterocycles. The lowest BCUT2D eigenvalue weighted by atomic mass is 9.84. The minimum absolute atomic E-state index is 0.00476. The fraction of sp³-hybridized carbons (Fsp3) is 0.481. The van der Waals surface area contributed by atoms with E-state index in [0.29, 0.717) is 23.5 Å². The number of phenolic OH excluding ortho intramolecular Hbond substituents is 1. The van der Waals surface area contributed by atoms with Gasteiger partial charge in [-0.3, -0.25) is 14.9 Å². The van der Waals surface area contributed by atoms with E-state index in [2.05, 4.69) is 11.6 Å². The molecule has 2 unspecified atom stereocenters. The zero-order chi connectivity index (χ0) is 26.0. The van der Waals surface area contributed by atoms with Crippen molar-refractivity contribution in [3.63, 3.8) is 0 Å². The molecule has 7 nitrogen and oxygen atoms in total. The van der Waals surface area contributed by atoms with E-state index < -0.39 is 15.4 Å². The molecule has 0 saturated carbocycles. The molecule has 2 atom stereocenters. The molecule has 1 saturated heterocycles. The van der Waals surface area contributed by atoms with Gasteiger partial charge in [-0.25, -0.2) is 8.42 Å². The van der Waals surface area contributed by atoms with Gasteiger partial charge in [-0.1, -0.05) is 64.4 Å². The van der Waals surface area contributed by atoms with E-state index in [0.717, 1.165) is 18.4 Å². The Morgan fingerprint density at radius 2 is 1.83 bits per heavy atom. The molecule has 0 amide bonds. The highest BCUT2D eigenvalue weighted by Crippen LogP contribution is 2.39. The zero-order valence-corrected chi connectivity index (χ0v) is 22.1. The molecule has 1 fully saturated rings. The quantitative estimate of drug-likeness (QED) is 0.327. The number of carbonyl (C=O) groups is 1. The zero-order valence-electron chi connectivity index (χ0n) is 21.3. The normalized spacial score (nSPS) is 18.7. The second kappa shape index (κ2) is 10.4. The van der Waals surface area contributed by atoms with Crippen LogP contribution in [0.4, 0.5) is 5.69 Å². The Kier molecular flexibility index (Phi) is 7.94. The number of sulfonamides is 1. The van der Waals surface area contributed by atoms with Crippen molar-refractivity contribution in [2.45, 2.75) is 58.8 Å². The Morgan fingerprint density at radius 3 is 2.40 bits per heavy atom. The maximum atomic E-state index is 13.4. The third-order valence-corrected chi connectivity index (χ3v) is 7.89. The van der Waals surface area contributed by atoms with Gasteiger partial charge in [0, 0.05) is 23.6 Å². The number of anilines is 1. The number of nitrogens with zero attached hydrogens (tertiary/aromatic N) is 1. The minimum Gasteiger partial charge on any atom is -0.505 e. The second-order valence-electron chi connectivity index (χ2n) is 10.3. The highest BCUT2D eigenvalue weighted by atomic mass is 32.2. The third-order valence-electron chi connectivity index (χ3n) is 6.60. The van der Waals surface area contributed by atoms with E-state index in [1.807, 2.05) is 56.0 Å². The number of likely N-dealkylation sites (tertiary alicyclic amines) is 1. The molecule has 1 heterocycles. The molecule has 2 aromatic carbocycles. The number of hydrogen-bond donors (Lipinski definition) is 3. The first kappa shape index (κ1) is 26.7. The van der Waals surface area contributed by atoms with Gasteiger partial charge in [0.2, 0.25) is 10.0 Å². The summed E-state index contributed by atoms with van der Waals surface area (Å²) in [4.78, 5) is 15.3. The van der Waals surface area contributed by atoms with Crippen molar-refractivity contribution in [1.82, 2.24) is 4.90 Å². The van der Waals surface area contributed by atoms with Crippen LogP contribution in [-0.2, 0) is 15.4 Å². The molecule has 0 bridgehead atoms. The summed E-state index contributed by atoms with van der Waals surface area (Å²) in [6.07, 6.45) is 1.96. The number of hydrogen-bond acceptors (Lipinski definition) is 5. The number of benzene rings is 2.